The number of oxime groups is 1. The Morgan fingerprint density at radius 1 is 1.60 bits per heavy atom. The summed E-state index contributed by atoms with van der Waals surface area (Å²) in [6.45, 7) is 1.66. The van der Waals surface area contributed by atoms with Crippen LogP contribution in [-0.2, 0) is 0 Å². The lowest BCUT2D eigenvalue weighted by molar-refractivity contribution is 0.319. The van der Waals surface area contributed by atoms with Crippen molar-refractivity contribution in [2.75, 3.05) is 0 Å². The van der Waals surface area contributed by atoms with Crippen molar-refractivity contribution in [1.82, 2.24) is 9.97 Å². The minimum absolute atomic E-state index is 0.466. The minimum atomic E-state index is 0.466. The summed E-state index contributed by atoms with van der Waals surface area (Å²) in [5.41, 5.74) is 1.05. The summed E-state index contributed by atoms with van der Waals surface area (Å²) in [5, 5.41) is 11.3. The molecule has 1 aromatic heterocycles. The van der Waals surface area contributed by atoms with Crippen LogP contribution in [0.5, 0.6) is 0 Å². The van der Waals surface area contributed by atoms with Gasteiger partial charge in [0, 0.05) is 12.4 Å². The third-order valence-corrected chi connectivity index (χ3v) is 1.08. The molecule has 1 rings (SSSR count). The lowest BCUT2D eigenvalue weighted by Gasteiger charge is -1.92. The fourth-order valence-electron chi connectivity index (χ4n) is 0.537. The SMILES string of the molecule is CC(=NO)c1cnccn1. The van der Waals surface area contributed by atoms with Gasteiger partial charge in [-0.05, 0) is 6.92 Å². The van der Waals surface area contributed by atoms with Crippen LogP contribution in [0.3, 0.4) is 0 Å². The molecule has 10 heavy (non-hydrogen) atoms. The lowest BCUT2D eigenvalue weighted by Crippen LogP contribution is -1.97. The van der Waals surface area contributed by atoms with Gasteiger partial charge in [-0.1, -0.05) is 5.16 Å². The molecule has 4 nitrogen and oxygen atoms in total. The van der Waals surface area contributed by atoms with E-state index in [2.05, 4.69) is 15.1 Å². The Morgan fingerprint density at radius 2 is 2.40 bits per heavy atom. The molecule has 0 amide bonds. The van der Waals surface area contributed by atoms with Gasteiger partial charge in [-0.15, -0.1) is 0 Å². The predicted octanol–water partition coefficient (Wildman–Crippen LogP) is 0.675. The molecule has 0 aromatic carbocycles. The quantitative estimate of drug-likeness (QED) is 0.351. The predicted molar refractivity (Wildman–Crippen MR) is 36.0 cm³/mol. The topological polar surface area (TPSA) is 58.4 Å². The number of nitrogens with zero attached hydrogens (tertiary/aromatic N) is 3. The molecule has 1 heterocycles. The Hall–Kier alpha value is -1.45. The monoisotopic (exact) mass is 137 g/mol. The van der Waals surface area contributed by atoms with E-state index in [-0.39, 0.29) is 0 Å². The lowest BCUT2D eigenvalue weighted by atomic mass is 10.3. The number of aromatic nitrogens is 2. The largest absolute Gasteiger partial charge is 0.411 e. The smallest absolute Gasteiger partial charge is 0.106 e. The third kappa shape index (κ3) is 1.28. The molecule has 0 aliphatic carbocycles. The summed E-state index contributed by atoms with van der Waals surface area (Å²) in [4.78, 5) is 7.70. The van der Waals surface area contributed by atoms with E-state index in [4.69, 9.17) is 5.21 Å². The number of hydrogen-bond donors (Lipinski definition) is 1. The van der Waals surface area contributed by atoms with E-state index in [9.17, 15) is 0 Å². The first-order valence-electron chi connectivity index (χ1n) is 2.79. The highest BCUT2D eigenvalue weighted by Gasteiger charge is 1.95. The molecule has 0 aliphatic heterocycles. The van der Waals surface area contributed by atoms with E-state index in [1.807, 2.05) is 0 Å². The molecule has 0 unspecified atom stereocenters. The molecule has 1 N–H and O–H groups in total. The first-order valence-corrected chi connectivity index (χ1v) is 2.79. The summed E-state index contributed by atoms with van der Waals surface area (Å²) in [7, 11) is 0. The van der Waals surface area contributed by atoms with Gasteiger partial charge in [-0.25, -0.2) is 0 Å². The van der Waals surface area contributed by atoms with Gasteiger partial charge in [-0.3, -0.25) is 9.97 Å². The van der Waals surface area contributed by atoms with Crippen LogP contribution in [0.4, 0.5) is 0 Å². The summed E-state index contributed by atoms with van der Waals surface area (Å²) in [6, 6.07) is 0. The van der Waals surface area contributed by atoms with Gasteiger partial charge in [0.2, 0.25) is 0 Å². The summed E-state index contributed by atoms with van der Waals surface area (Å²) in [5.74, 6) is 0. The van der Waals surface area contributed by atoms with Gasteiger partial charge in [0.1, 0.15) is 11.4 Å². The van der Waals surface area contributed by atoms with Crippen LogP contribution in [0.15, 0.2) is 23.7 Å². The Labute approximate surface area is 58.2 Å². The van der Waals surface area contributed by atoms with Crippen LogP contribution in [0.2, 0.25) is 0 Å². The maximum absolute atomic E-state index is 8.31. The Kier molecular flexibility index (Phi) is 1.94. The van der Waals surface area contributed by atoms with Gasteiger partial charge in [0.05, 0.1) is 6.20 Å². The van der Waals surface area contributed by atoms with Crippen LogP contribution >= 0.6 is 0 Å². The highest BCUT2D eigenvalue weighted by molar-refractivity contribution is 5.96. The van der Waals surface area contributed by atoms with Crippen molar-refractivity contribution >= 4 is 5.71 Å². The van der Waals surface area contributed by atoms with Gasteiger partial charge in [0.25, 0.3) is 0 Å². The zero-order chi connectivity index (χ0) is 7.40. The molecule has 0 saturated heterocycles. The van der Waals surface area contributed by atoms with Crippen molar-refractivity contribution in [1.29, 1.82) is 0 Å². The van der Waals surface area contributed by atoms with Crippen LogP contribution in [0.1, 0.15) is 12.6 Å². The molecular weight excluding hydrogens is 130 g/mol. The van der Waals surface area contributed by atoms with Crippen LogP contribution < -0.4 is 0 Å². The zero-order valence-corrected chi connectivity index (χ0v) is 5.52. The normalized spacial score (nSPS) is 11.5. The van der Waals surface area contributed by atoms with Crippen LogP contribution in [0.25, 0.3) is 0 Å². The standard InChI is InChI=1S/C6H7N3O/c1-5(9-10)6-4-7-2-3-8-6/h2-4,10H,1H3. The highest BCUT2D eigenvalue weighted by atomic mass is 16.4. The summed E-state index contributed by atoms with van der Waals surface area (Å²) >= 11 is 0. The second kappa shape index (κ2) is 2.91. The maximum atomic E-state index is 8.31. The molecule has 0 aliphatic rings. The molecule has 0 bridgehead atoms. The van der Waals surface area contributed by atoms with E-state index < -0.39 is 0 Å². The van der Waals surface area contributed by atoms with Crippen molar-refractivity contribution in [3.05, 3.63) is 24.3 Å². The van der Waals surface area contributed by atoms with E-state index in [1.54, 1.807) is 19.3 Å². The molecular formula is C6H7N3O. The zero-order valence-electron chi connectivity index (χ0n) is 5.52. The average Bonchev–Trinajstić information content (AvgIpc) is 2.05. The summed E-state index contributed by atoms with van der Waals surface area (Å²) in [6.07, 6.45) is 4.65. The Morgan fingerprint density at radius 3 is 2.90 bits per heavy atom. The molecule has 52 valence electrons. The fraction of sp³-hybridized carbons (Fsp3) is 0.167. The van der Waals surface area contributed by atoms with E-state index in [0.29, 0.717) is 11.4 Å². The molecule has 0 spiro atoms. The second-order valence-corrected chi connectivity index (χ2v) is 1.78. The van der Waals surface area contributed by atoms with Crippen LogP contribution in [0, 0.1) is 0 Å². The summed E-state index contributed by atoms with van der Waals surface area (Å²) < 4.78 is 0. The molecule has 0 fully saturated rings. The van der Waals surface area contributed by atoms with E-state index in [1.165, 1.54) is 6.20 Å². The molecule has 0 saturated carbocycles. The minimum Gasteiger partial charge on any atom is -0.411 e. The second-order valence-electron chi connectivity index (χ2n) is 1.78. The molecule has 1 aromatic rings. The van der Waals surface area contributed by atoms with E-state index in [0.717, 1.165) is 0 Å². The Bertz CT molecular complexity index is 232. The number of rotatable bonds is 1. The molecule has 0 atom stereocenters. The molecule has 0 radical (unpaired) electrons. The van der Waals surface area contributed by atoms with E-state index >= 15 is 0 Å². The van der Waals surface area contributed by atoms with Crippen molar-refractivity contribution < 1.29 is 5.21 Å². The van der Waals surface area contributed by atoms with Gasteiger partial charge < -0.3 is 5.21 Å². The number of hydrogen-bond acceptors (Lipinski definition) is 4. The third-order valence-electron chi connectivity index (χ3n) is 1.08. The van der Waals surface area contributed by atoms with Gasteiger partial charge in [-0.2, -0.15) is 0 Å². The first-order chi connectivity index (χ1) is 4.84. The van der Waals surface area contributed by atoms with Crippen molar-refractivity contribution in [2.45, 2.75) is 6.92 Å². The first kappa shape index (κ1) is 6.67. The Balaban J connectivity index is 2.96. The highest BCUT2D eigenvalue weighted by Crippen LogP contribution is 1.91. The molecule has 4 heteroatoms. The average molecular weight is 137 g/mol. The van der Waals surface area contributed by atoms with Crippen molar-refractivity contribution in [3.8, 4) is 0 Å². The van der Waals surface area contributed by atoms with Gasteiger partial charge >= 0.3 is 0 Å². The fourth-order valence-corrected chi connectivity index (χ4v) is 0.537. The van der Waals surface area contributed by atoms with Crippen molar-refractivity contribution in [2.24, 2.45) is 5.16 Å². The van der Waals surface area contributed by atoms with Crippen LogP contribution in [-0.4, -0.2) is 20.9 Å². The maximum Gasteiger partial charge on any atom is 0.106 e. The van der Waals surface area contributed by atoms with Gasteiger partial charge in [0.15, 0.2) is 0 Å². The van der Waals surface area contributed by atoms with Crippen molar-refractivity contribution in [3.63, 3.8) is 0 Å².